The molecular weight excluding hydrogens is 454 g/mol. The number of hydrogen-bond acceptors (Lipinski definition) is 6. The normalized spacial score (nSPS) is 14.5. The van der Waals surface area contributed by atoms with Crippen LogP contribution in [0.25, 0.3) is 33.3 Å². The van der Waals surface area contributed by atoms with Gasteiger partial charge in [0.15, 0.2) is 5.76 Å². The molecule has 3 aromatic heterocycles. The number of furan rings is 1. The first kappa shape index (κ1) is 22.2. The van der Waals surface area contributed by atoms with Gasteiger partial charge in [0.05, 0.1) is 17.3 Å². The van der Waals surface area contributed by atoms with Crippen LogP contribution in [0.1, 0.15) is 21.5 Å². The Morgan fingerprint density at radius 3 is 2.58 bits per heavy atom. The number of rotatable bonds is 4. The average molecular weight is 480 g/mol. The smallest absolute Gasteiger partial charge is 0.336 e. The van der Waals surface area contributed by atoms with Crippen molar-refractivity contribution < 1.29 is 13.6 Å². The number of para-hydroxylation sites is 1. The van der Waals surface area contributed by atoms with Crippen molar-refractivity contribution >= 4 is 27.8 Å². The fraction of sp³-hybridized carbons (Fsp3) is 0.207. The van der Waals surface area contributed by atoms with Gasteiger partial charge >= 0.3 is 5.63 Å². The number of amides is 1. The van der Waals surface area contributed by atoms with E-state index in [-0.39, 0.29) is 11.5 Å². The molecule has 1 fully saturated rings. The van der Waals surface area contributed by atoms with Crippen molar-refractivity contribution in [3.63, 3.8) is 0 Å². The Labute approximate surface area is 207 Å². The van der Waals surface area contributed by atoms with E-state index in [2.05, 4.69) is 4.90 Å². The molecule has 1 aliphatic rings. The van der Waals surface area contributed by atoms with Crippen molar-refractivity contribution in [3.05, 3.63) is 100 Å². The topological polar surface area (TPSA) is 79.8 Å². The zero-order chi connectivity index (χ0) is 24.6. The van der Waals surface area contributed by atoms with Gasteiger partial charge in [0.2, 0.25) is 0 Å². The van der Waals surface area contributed by atoms with Gasteiger partial charge in [-0.1, -0.05) is 30.3 Å². The van der Waals surface area contributed by atoms with Crippen molar-refractivity contribution in [2.24, 2.45) is 0 Å². The van der Waals surface area contributed by atoms with Gasteiger partial charge in [-0.15, -0.1) is 0 Å². The molecule has 0 spiro atoms. The number of carbonyl (C=O) groups excluding carboxylic acids is 1. The van der Waals surface area contributed by atoms with E-state index in [0.29, 0.717) is 55.3 Å². The molecule has 0 N–H and O–H groups in total. The van der Waals surface area contributed by atoms with E-state index >= 15 is 0 Å². The molecule has 7 heteroatoms. The third-order valence-electron chi connectivity index (χ3n) is 6.76. The molecule has 6 rings (SSSR count). The molecule has 4 heterocycles. The number of fused-ring (bicyclic) bond motifs is 2. The summed E-state index contributed by atoms with van der Waals surface area (Å²) < 4.78 is 10.9. The lowest BCUT2D eigenvalue weighted by Crippen LogP contribution is -2.48. The van der Waals surface area contributed by atoms with E-state index in [9.17, 15) is 9.59 Å². The lowest BCUT2D eigenvalue weighted by Gasteiger charge is -2.35. The predicted molar refractivity (Wildman–Crippen MR) is 138 cm³/mol. The van der Waals surface area contributed by atoms with E-state index < -0.39 is 0 Å². The lowest BCUT2D eigenvalue weighted by atomic mass is 10.0. The Kier molecular flexibility index (Phi) is 5.62. The third-order valence-corrected chi connectivity index (χ3v) is 6.76. The second kappa shape index (κ2) is 9.09. The molecule has 0 unspecified atom stereocenters. The number of benzene rings is 2. The maximum atomic E-state index is 13.6. The molecule has 1 aliphatic heterocycles. The Morgan fingerprint density at radius 2 is 1.78 bits per heavy atom. The Morgan fingerprint density at radius 1 is 0.944 bits per heavy atom. The molecule has 7 nitrogen and oxygen atoms in total. The first-order valence-electron chi connectivity index (χ1n) is 12.0. The quantitative estimate of drug-likeness (QED) is 0.342. The van der Waals surface area contributed by atoms with Gasteiger partial charge in [0, 0.05) is 49.6 Å². The second-order valence-corrected chi connectivity index (χ2v) is 9.21. The van der Waals surface area contributed by atoms with Crippen LogP contribution in [-0.2, 0) is 6.54 Å². The maximum absolute atomic E-state index is 13.6. The van der Waals surface area contributed by atoms with Crippen LogP contribution in [0.3, 0.4) is 0 Å². The molecule has 0 aliphatic carbocycles. The molecule has 36 heavy (non-hydrogen) atoms. The van der Waals surface area contributed by atoms with E-state index in [1.165, 1.54) is 0 Å². The largest absolute Gasteiger partial charge is 0.463 e. The van der Waals surface area contributed by atoms with Crippen LogP contribution < -0.4 is 5.63 Å². The molecule has 0 atom stereocenters. The fourth-order valence-electron chi connectivity index (χ4n) is 4.89. The van der Waals surface area contributed by atoms with E-state index in [1.54, 1.807) is 12.3 Å². The number of aryl methyl sites for hydroxylation is 1. The van der Waals surface area contributed by atoms with Crippen molar-refractivity contribution in [2.45, 2.75) is 13.5 Å². The molecule has 5 aromatic rings. The Hall–Kier alpha value is -4.23. The minimum atomic E-state index is -0.339. The standard InChI is InChI=1S/C29H25N3O4/c1-19-8-9-21-20(16-28(33)36-27(21)15-19)18-31-10-12-32(13-11-31)29(34)23-17-25(26-7-4-14-35-26)30-24-6-3-2-5-22(23)24/h2-9,14-17H,10-13,18H2,1H3. The monoisotopic (exact) mass is 479 g/mol. The van der Waals surface area contributed by atoms with Gasteiger partial charge in [-0.05, 0) is 48.4 Å². The van der Waals surface area contributed by atoms with Crippen LogP contribution in [0.15, 0.2) is 86.6 Å². The van der Waals surface area contributed by atoms with Crippen LogP contribution in [0.5, 0.6) is 0 Å². The minimum Gasteiger partial charge on any atom is -0.463 e. The number of carbonyl (C=O) groups is 1. The Bertz CT molecular complexity index is 1630. The second-order valence-electron chi connectivity index (χ2n) is 9.21. The predicted octanol–water partition coefficient (Wildman–Crippen LogP) is 4.87. The molecular formula is C29H25N3O4. The summed E-state index contributed by atoms with van der Waals surface area (Å²) in [5.41, 5.74) is 4.31. The Balaban J connectivity index is 1.22. The molecule has 0 radical (unpaired) electrons. The van der Waals surface area contributed by atoms with Gasteiger partial charge < -0.3 is 13.7 Å². The molecule has 1 saturated heterocycles. The summed E-state index contributed by atoms with van der Waals surface area (Å²) in [7, 11) is 0. The summed E-state index contributed by atoms with van der Waals surface area (Å²) in [5.74, 6) is 0.622. The summed E-state index contributed by atoms with van der Waals surface area (Å²) in [6.07, 6.45) is 1.61. The molecule has 2 aromatic carbocycles. The van der Waals surface area contributed by atoms with Crippen LogP contribution in [0.2, 0.25) is 0 Å². The van der Waals surface area contributed by atoms with Gasteiger partial charge in [0.1, 0.15) is 11.3 Å². The van der Waals surface area contributed by atoms with Crippen LogP contribution in [-0.4, -0.2) is 46.9 Å². The average Bonchev–Trinajstić information content (AvgIpc) is 3.43. The van der Waals surface area contributed by atoms with Crippen molar-refractivity contribution in [2.75, 3.05) is 26.2 Å². The van der Waals surface area contributed by atoms with E-state index in [0.717, 1.165) is 27.4 Å². The fourth-order valence-corrected chi connectivity index (χ4v) is 4.89. The van der Waals surface area contributed by atoms with Crippen LogP contribution >= 0.6 is 0 Å². The SMILES string of the molecule is Cc1ccc2c(CN3CCN(C(=O)c4cc(-c5ccco5)nc5ccccc45)CC3)cc(=O)oc2c1. The highest BCUT2D eigenvalue weighted by molar-refractivity contribution is 6.07. The highest BCUT2D eigenvalue weighted by atomic mass is 16.4. The highest BCUT2D eigenvalue weighted by Crippen LogP contribution is 2.27. The van der Waals surface area contributed by atoms with E-state index in [1.807, 2.05) is 72.5 Å². The summed E-state index contributed by atoms with van der Waals surface area (Å²) in [5, 5.41) is 1.78. The number of aromatic nitrogens is 1. The van der Waals surface area contributed by atoms with Gasteiger partial charge in [-0.2, -0.15) is 0 Å². The maximum Gasteiger partial charge on any atom is 0.336 e. The molecule has 0 bridgehead atoms. The number of hydrogen-bond donors (Lipinski definition) is 0. The zero-order valence-corrected chi connectivity index (χ0v) is 19.9. The van der Waals surface area contributed by atoms with Gasteiger partial charge in [0.25, 0.3) is 5.91 Å². The molecule has 180 valence electrons. The van der Waals surface area contributed by atoms with Crippen LogP contribution in [0.4, 0.5) is 0 Å². The van der Waals surface area contributed by atoms with Crippen molar-refractivity contribution in [1.29, 1.82) is 0 Å². The van der Waals surface area contributed by atoms with Crippen LogP contribution in [0, 0.1) is 6.92 Å². The number of piperazine rings is 1. The number of pyridine rings is 1. The summed E-state index contributed by atoms with van der Waals surface area (Å²) in [4.78, 5) is 34.6. The lowest BCUT2D eigenvalue weighted by molar-refractivity contribution is 0.0630. The summed E-state index contributed by atoms with van der Waals surface area (Å²) in [6.45, 7) is 5.24. The van der Waals surface area contributed by atoms with Gasteiger partial charge in [-0.3, -0.25) is 9.69 Å². The highest BCUT2D eigenvalue weighted by Gasteiger charge is 2.25. The molecule has 0 saturated carbocycles. The first-order valence-corrected chi connectivity index (χ1v) is 12.0. The summed E-state index contributed by atoms with van der Waals surface area (Å²) in [6, 6.07) is 20.7. The molecule has 1 amide bonds. The zero-order valence-electron chi connectivity index (χ0n) is 19.9. The van der Waals surface area contributed by atoms with Crippen molar-refractivity contribution in [1.82, 2.24) is 14.8 Å². The number of nitrogens with zero attached hydrogens (tertiary/aromatic N) is 3. The van der Waals surface area contributed by atoms with Gasteiger partial charge in [-0.25, -0.2) is 9.78 Å². The summed E-state index contributed by atoms with van der Waals surface area (Å²) >= 11 is 0. The first-order chi connectivity index (χ1) is 17.5. The third kappa shape index (κ3) is 4.18. The van der Waals surface area contributed by atoms with Crippen molar-refractivity contribution in [3.8, 4) is 11.5 Å². The minimum absolute atomic E-state index is 0.0117. The van der Waals surface area contributed by atoms with E-state index in [4.69, 9.17) is 13.8 Å².